The Kier molecular flexibility index (Phi) is 5.12. The smallest absolute Gasteiger partial charge is 0.173 e. The van der Waals surface area contributed by atoms with Gasteiger partial charge in [0.25, 0.3) is 0 Å². The molecule has 2 saturated carbocycles. The van der Waals surface area contributed by atoms with Crippen LogP contribution in [0.5, 0.6) is 0 Å². The van der Waals surface area contributed by atoms with Crippen LogP contribution in [-0.2, 0) is 16.0 Å². The molecule has 1 saturated heterocycles. The van der Waals surface area contributed by atoms with Crippen molar-refractivity contribution in [1.82, 2.24) is 0 Å². The molecule has 0 spiro atoms. The number of aryl methyl sites for hydroxylation is 2. The van der Waals surface area contributed by atoms with Crippen LogP contribution in [0.2, 0.25) is 0 Å². The maximum absolute atomic E-state index is 13.9. The quantitative estimate of drug-likeness (QED) is 0.726. The summed E-state index contributed by atoms with van der Waals surface area (Å²) in [4.78, 5) is 13.9. The van der Waals surface area contributed by atoms with Crippen molar-refractivity contribution in [2.24, 2.45) is 23.7 Å². The largest absolute Gasteiger partial charge is 0.469 e. The Morgan fingerprint density at radius 3 is 2.57 bits per heavy atom. The lowest BCUT2D eigenvalue weighted by atomic mass is 9.53. The van der Waals surface area contributed by atoms with Gasteiger partial charge in [0, 0.05) is 12.3 Å². The van der Waals surface area contributed by atoms with E-state index in [2.05, 4.69) is 0 Å². The normalized spacial score (nSPS) is 45.3. The number of carbonyl (C=O) groups excluding carboxylic acids is 1. The Bertz CT molecular complexity index is 867. The van der Waals surface area contributed by atoms with E-state index in [1.807, 2.05) is 53.7 Å². The molecule has 3 aliphatic rings. The van der Waals surface area contributed by atoms with Gasteiger partial charge >= 0.3 is 0 Å². The third kappa shape index (κ3) is 2.81. The number of allylic oxidation sites excluding steroid dienone is 1. The second-order valence-electron chi connectivity index (χ2n) is 10.5. The van der Waals surface area contributed by atoms with E-state index in [9.17, 15) is 15.0 Å². The molecule has 8 unspecified atom stereocenters. The van der Waals surface area contributed by atoms with Crippen molar-refractivity contribution in [1.29, 1.82) is 0 Å². The molecule has 1 aromatic rings. The average Bonchev–Trinajstić information content (AvgIpc) is 3.27. The minimum atomic E-state index is -1.39. The van der Waals surface area contributed by atoms with Crippen molar-refractivity contribution in [3.63, 3.8) is 0 Å². The predicted molar refractivity (Wildman–Crippen MR) is 114 cm³/mol. The van der Waals surface area contributed by atoms with Crippen molar-refractivity contribution < 1.29 is 24.2 Å². The van der Waals surface area contributed by atoms with E-state index in [-0.39, 0.29) is 23.5 Å². The minimum absolute atomic E-state index is 0.110. The molecule has 3 fully saturated rings. The van der Waals surface area contributed by atoms with Gasteiger partial charge in [0.1, 0.15) is 23.1 Å². The van der Waals surface area contributed by atoms with E-state index in [1.165, 1.54) is 0 Å². The summed E-state index contributed by atoms with van der Waals surface area (Å²) in [6, 6.07) is 1.93. The summed E-state index contributed by atoms with van der Waals surface area (Å²) in [5, 5.41) is 23.8. The van der Waals surface area contributed by atoms with Crippen molar-refractivity contribution in [3.05, 3.63) is 35.3 Å². The molecular formula is C25H36O5. The van der Waals surface area contributed by atoms with Crippen LogP contribution in [0.4, 0.5) is 0 Å². The van der Waals surface area contributed by atoms with Crippen LogP contribution in [0, 0.1) is 30.6 Å². The second kappa shape index (κ2) is 7.04. The van der Waals surface area contributed by atoms with Gasteiger partial charge in [-0.1, -0.05) is 25.5 Å². The van der Waals surface area contributed by atoms with Gasteiger partial charge in [-0.25, -0.2) is 0 Å². The highest BCUT2D eigenvalue weighted by Crippen LogP contribution is 2.62. The first-order valence-electron chi connectivity index (χ1n) is 11.3. The first kappa shape index (κ1) is 21.8. The van der Waals surface area contributed by atoms with E-state index in [4.69, 9.17) is 9.15 Å². The van der Waals surface area contributed by atoms with Gasteiger partial charge in [0.15, 0.2) is 5.78 Å². The van der Waals surface area contributed by atoms with Crippen LogP contribution in [-0.4, -0.2) is 38.9 Å². The van der Waals surface area contributed by atoms with Gasteiger partial charge in [-0.15, -0.1) is 0 Å². The van der Waals surface area contributed by atoms with Gasteiger partial charge in [-0.05, 0) is 70.4 Å². The highest BCUT2D eigenvalue weighted by Gasteiger charge is 2.75. The summed E-state index contributed by atoms with van der Waals surface area (Å²) in [5.41, 5.74) is -1.50. The van der Waals surface area contributed by atoms with Crippen LogP contribution in [0.25, 0.3) is 0 Å². The lowest BCUT2D eigenvalue weighted by molar-refractivity contribution is -0.193. The van der Waals surface area contributed by atoms with Gasteiger partial charge in [-0.2, -0.15) is 0 Å². The molecule has 0 bridgehead atoms. The second-order valence-corrected chi connectivity index (χ2v) is 10.5. The Hall–Kier alpha value is -1.43. The van der Waals surface area contributed by atoms with Crippen LogP contribution in [0.15, 0.2) is 28.4 Å². The molecule has 4 rings (SSSR count). The zero-order valence-electron chi connectivity index (χ0n) is 19.1. The molecule has 0 radical (unpaired) electrons. The Balaban J connectivity index is 1.78. The van der Waals surface area contributed by atoms with Gasteiger partial charge in [-0.3, -0.25) is 4.79 Å². The first-order chi connectivity index (χ1) is 14.0. The van der Waals surface area contributed by atoms with Gasteiger partial charge in [0.2, 0.25) is 0 Å². The number of Topliss-reactive ketones (excluding diaryl/α,β-unsaturated/α-hetero) is 1. The number of ether oxygens (including phenoxy) is 1. The zero-order chi connectivity index (χ0) is 22.1. The third-order valence-electron chi connectivity index (χ3n) is 8.44. The van der Waals surface area contributed by atoms with Crippen molar-refractivity contribution in [2.45, 2.75) is 90.1 Å². The van der Waals surface area contributed by atoms with Crippen LogP contribution >= 0.6 is 0 Å². The van der Waals surface area contributed by atoms with Gasteiger partial charge in [0.05, 0.1) is 17.8 Å². The number of hydrogen-bond acceptors (Lipinski definition) is 5. The molecule has 1 aliphatic heterocycles. The number of ketones is 1. The van der Waals surface area contributed by atoms with Crippen molar-refractivity contribution in [2.75, 3.05) is 0 Å². The fourth-order valence-electron chi connectivity index (χ4n) is 6.66. The summed E-state index contributed by atoms with van der Waals surface area (Å²) >= 11 is 0. The highest BCUT2D eigenvalue weighted by molar-refractivity contribution is 5.94. The van der Waals surface area contributed by atoms with Crippen molar-refractivity contribution >= 4 is 5.78 Å². The summed E-state index contributed by atoms with van der Waals surface area (Å²) in [6.07, 6.45) is 5.75. The maximum atomic E-state index is 13.9. The lowest BCUT2D eigenvalue weighted by Gasteiger charge is -2.52. The third-order valence-corrected chi connectivity index (χ3v) is 8.44. The fourth-order valence-corrected chi connectivity index (χ4v) is 6.66. The Labute approximate surface area is 179 Å². The molecule has 5 nitrogen and oxygen atoms in total. The summed E-state index contributed by atoms with van der Waals surface area (Å²) in [7, 11) is 0. The molecule has 2 N–H and O–H groups in total. The van der Waals surface area contributed by atoms with Crippen LogP contribution in [0.1, 0.15) is 65.2 Å². The fraction of sp³-hybridized carbons (Fsp3) is 0.720. The lowest BCUT2D eigenvalue weighted by Crippen LogP contribution is -2.69. The maximum Gasteiger partial charge on any atom is 0.173 e. The molecule has 8 atom stereocenters. The topological polar surface area (TPSA) is 79.9 Å². The van der Waals surface area contributed by atoms with E-state index >= 15 is 0 Å². The number of carbonyl (C=O) groups is 1. The number of rotatable bonds is 4. The molecule has 2 heterocycles. The Morgan fingerprint density at radius 2 is 1.97 bits per heavy atom. The molecular weight excluding hydrogens is 380 g/mol. The van der Waals surface area contributed by atoms with E-state index < -0.39 is 28.8 Å². The van der Waals surface area contributed by atoms with E-state index in [1.54, 1.807) is 6.26 Å². The summed E-state index contributed by atoms with van der Waals surface area (Å²) < 4.78 is 12.1. The predicted octanol–water partition coefficient (Wildman–Crippen LogP) is 3.99. The average molecular weight is 417 g/mol. The summed E-state index contributed by atoms with van der Waals surface area (Å²) in [5.74, 6) is -0.744. The minimum Gasteiger partial charge on any atom is -0.469 e. The monoisotopic (exact) mass is 416 g/mol. The standard InChI is InChI=1S/C25H36O5/c1-14(2)13-20-25(28)17(5)18-8-7-16(4)24(18,27)22(26)21(25)23(6,30-20)11-9-19-15(3)10-12-29-19/h10,12-13,16-18,20-21,27-28H,7-9,11H2,1-6H3. The SMILES string of the molecule is CC(C)=CC1OC(C)(CCc2occc2C)C2C(=O)C3(O)C(C)CCC3C(C)C12O. The first-order valence-corrected chi connectivity index (χ1v) is 11.3. The molecule has 0 aromatic carbocycles. The molecule has 30 heavy (non-hydrogen) atoms. The molecule has 5 heteroatoms. The van der Waals surface area contributed by atoms with E-state index in [0.29, 0.717) is 12.8 Å². The molecule has 166 valence electrons. The number of furan rings is 1. The van der Waals surface area contributed by atoms with Gasteiger partial charge < -0.3 is 19.4 Å². The molecule has 0 amide bonds. The van der Waals surface area contributed by atoms with Crippen LogP contribution in [0.3, 0.4) is 0 Å². The molecule has 1 aromatic heterocycles. The zero-order valence-corrected chi connectivity index (χ0v) is 19.1. The Morgan fingerprint density at radius 1 is 1.27 bits per heavy atom. The molecule has 2 aliphatic carbocycles. The van der Waals surface area contributed by atoms with E-state index in [0.717, 1.165) is 29.7 Å². The number of fused-ring (bicyclic) bond motifs is 2. The highest BCUT2D eigenvalue weighted by atomic mass is 16.5. The number of aliphatic hydroxyl groups is 2. The summed E-state index contributed by atoms with van der Waals surface area (Å²) in [6.45, 7) is 11.8. The number of hydrogen-bond donors (Lipinski definition) is 2. The van der Waals surface area contributed by atoms with Crippen molar-refractivity contribution in [3.8, 4) is 0 Å². The van der Waals surface area contributed by atoms with Crippen LogP contribution < -0.4 is 0 Å².